The lowest BCUT2D eigenvalue weighted by Crippen LogP contribution is -2.22. The third kappa shape index (κ3) is 5.50. The second kappa shape index (κ2) is 9.12. The number of hydrogen-bond donors (Lipinski definition) is 0. The van der Waals surface area contributed by atoms with Gasteiger partial charge in [0.1, 0.15) is 11.3 Å². The van der Waals surface area contributed by atoms with Gasteiger partial charge in [-0.3, -0.25) is 0 Å². The van der Waals surface area contributed by atoms with E-state index in [0.29, 0.717) is 18.7 Å². The Morgan fingerprint density at radius 2 is 1.82 bits per heavy atom. The van der Waals surface area contributed by atoms with Crippen LogP contribution in [0.25, 0.3) is 0 Å². The summed E-state index contributed by atoms with van der Waals surface area (Å²) in [4.78, 5) is 9.75. The van der Waals surface area contributed by atoms with Crippen LogP contribution in [0.2, 0.25) is 0 Å². The maximum atomic E-state index is 13.3. The molecule has 1 aromatic carbocycles. The molecule has 0 aliphatic carbocycles. The smallest absolute Gasteiger partial charge is 0.423 e. The van der Waals surface area contributed by atoms with E-state index in [0.717, 1.165) is 11.9 Å². The standard InChI is InChI=1S/C20H26F3N3O2/c1-6-14(5)28-18-17(20(21,22)23)12-24-19(25-18)26(7-2)15-9-8-10-16(11-15)27-13(3)4/h8-14H,6-7H2,1-5H3. The van der Waals surface area contributed by atoms with E-state index in [-0.39, 0.29) is 12.1 Å². The average Bonchev–Trinajstić information content (AvgIpc) is 2.61. The van der Waals surface area contributed by atoms with Crippen molar-refractivity contribution in [2.45, 2.75) is 59.4 Å². The first-order valence-electron chi connectivity index (χ1n) is 9.30. The lowest BCUT2D eigenvalue weighted by molar-refractivity contribution is -0.139. The summed E-state index contributed by atoms with van der Waals surface area (Å²) >= 11 is 0. The van der Waals surface area contributed by atoms with E-state index in [1.165, 1.54) is 0 Å². The van der Waals surface area contributed by atoms with Crippen LogP contribution in [0.4, 0.5) is 24.8 Å². The van der Waals surface area contributed by atoms with Crippen molar-refractivity contribution in [2.75, 3.05) is 11.4 Å². The summed E-state index contributed by atoms with van der Waals surface area (Å²) < 4.78 is 51.1. The summed E-state index contributed by atoms with van der Waals surface area (Å²) in [6, 6.07) is 7.27. The number of aromatic nitrogens is 2. The SMILES string of the molecule is CCC(C)Oc1nc(N(CC)c2cccc(OC(C)C)c2)ncc1C(F)(F)F. The topological polar surface area (TPSA) is 47.5 Å². The van der Waals surface area contributed by atoms with Crippen LogP contribution in [-0.4, -0.2) is 28.7 Å². The van der Waals surface area contributed by atoms with Crippen molar-refractivity contribution in [3.05, 3.63) is 36.0 Å². The van der Waals surface area contributed by atoms with Gasteiger partial charge in [0.15, 0.2) is 0 Å². The monoisotopic (exact) mass is 397 g/mol. The van der Waals surface area contributed by atoms with Gasteiger partial charge in [-0.05, 0) is 46.2 Å². The molecule has 0 bridgehead atoms. The number of alkyl halides is 3. The van der Waals surface area contributed by atoms with Gasteiger partial charge in [-0.1, -0.05) is 13.0 Å². The van der Waals surface area contributed by atoms with Crippen LogP contribution in [0.1, 0.15) is 46.6 Å². The van der Waals surface area contributed by atoms with Crippen molar-refractivity contribution in [1.82, 2.24) is 9.97 Å². The minimum absolute atomic E-state index is 0.00294. The highest BCUT2D eigenvalue weighted by atomic mass is 19.4. The van der Waals surface area contributed by atoms with Crippen LogP contribution in [0.3, 0.4) is 0 Å². The first kappa shape index (κ1) is 21.8. The third-order valence-corrected chi connectivity index (χ3v) is 3.99. The van der Waals surface area contributed by atoms with Gasteiger partial charge in [-0.25, -0.2) is 4.98 Å². The molecule has 1 unspecified atom stereocenters. The highest BCUT2D eigenvalue weighted by Crippen LogP contribution is 2.37. The Morgan fingerprint density at radius 1 is 1.11 bits per heavy atom. The van der Waals surface area contributed by atoms with Gasteiger partial charge in [0.05, 0.1) is 12.2 Å². The molecule has 0 spiro atoms. The van der Waals surface area contributed by atoms with E-state index in [2.05, 4.69) is 9.97 Å². The molecule has 0 aliphatic rings. The van der Waals surface area contributed by atoms with Gasteiger partial charge >= 0.3 is 6.18 Å². The van der Waals surface area contributed by atoms with E-state index in [9.17, 15) is 13.2 Å². The summed E-state index contributed by atoms with van der Waals surface area (Å²) in [5.74, 6) is 0.337. The number of anilines is 2. The fourth-order valence-electron chi connectivity index (χ4n) is 2.48. The average molecular weight is 397 g/mol. The molecule has 0 amide bonds. The molecule has 2 rings (SSSR count). The van der Waals surface area contributed by atoms with Crippen LogP contribution >= 0.6 is 0 Å². The molecular weight excluding hydrogens is 371 g/mol. The van der Waals surface area contributed by atoms with Crippen LogP contribution in [0.5, 0.6) is 11.6 Å². The number of hydrogen-bond acceptors (Lipinski definition) is 5. The molecule has 0 aliphatic heterocycles. The van der Waals surface area contributed by atoms with Gasteiger partial charge in [-0.2, -0.15) is 18.2 Å². The van der Waals surface area contributed by atoms with Crippen LogP contribution in [-0.2, 0) is 6.18 Å². The molecule has 28 heavy (non-hydrogen) atoms. The summed E-state index contributed by atoms with van der Waals surface area (Å²) in [5, 5.41) is 0. The molecule has 0 radical (unpaired) electrons. The van der Waals surface area contributed by atoms with Gasteiger partial charge < -0.3 is 14.4 Å². The zero-order chi connectivity index (χ0) is 20.9. The lowest BCUT2D eigenvalue weighted by atomic mass is 10.2. The Hall–Kier alpha value is -2.51. The molecule has 0 saturated carbocycles. The lowest BCUT2D eigenvalue weighted by Gasteiger charge is -2.24. The number of halogens is 3. The normalized spacial score (nSPS) is 12.8. The number of nitrogens with zero attached hydrogens (tertiary/aromatic N) is 3. The Morgan fingerprint density at radius 3 is 2.39 bits per heavy atom. The Labute approximate surface area is 163 Å². The summed E-state index contributed by atoms with van der Waals surface area (Å²) in [6.07, 6.45) is -3.66. The Kier molecular flexibility index (Phi) is 7.10. The Bertz CT molecular complexity index is 782. The molecule has 1 heterocycles. The van der Waals surface area contributed by atoms with Crippen LogP contribution in [0.15, 0.2) is 30.5 Å². The van der Waals surface area contributed by atoms with E-state index in [1.54, 1.807) is 17.9 Å². The van der Waals surface area contributed by atoms with Crippen molar-refractivity contribution < 1.29 is 22.6 Å². The summed E-state index contributed by atoms with van der Waals surface area (Å²) in [6.45, 7) is 9.69. The maximum absolute atomic E-state index is 13.3. The third-order valence-electron chi connectivity index (χ3n) is 3.99. The zero-order valence-corrected chi connectivity index (χ0v) is 16.7. The fourth-order valence-corrected chi connectivity index (χ4v) is 2.48. The second-order valence-corrected chi connectivity index (χ2v) is 6.63. The molecule has 0 saturated heterocycles. The molecule has 2 aromatic rings. The predicted molar refractivity (Wildman–Crippen MR) is 102 cm³/mol. The molecule has 1 aromatic heterocycles. The van der Waals surface area contributed by atoms with Crippen molar-refractivity contribution in [2.24, 2.45) is 0 Å². The van der Waals surface area contributed by atoms with Gasteiger partial charge in [0.25, 0.3) is 0 Å². The predicted octanol–water partition coefficient (Wildman–Crippen LogP) is 5.62. The van der Waals surface area contributed by atoms with Crippen LogP contribution < -0.4 is 14.4 Å². The number of rotatable bonds is 8. The number of benzene rings is 1. The second-order valence-electron chi connectivity index (χ2n) is 6.63. The van der Waals surface area contributed by atoms with Crippen molar-refractivity contribution in [3.63, 3.8) is 0 Å². The first-order valence-corrected chi connectivity index (χ1v) is 9.30. The fraction of sp³-hybridized carbons (Fsp3) is 0.500. The molecule has 154 valence electrons. The highest BCUT2D eigenvalue weighted by Gasteiger charge is 2.37. The van der Waals surface area contributed by atoms with E-state index in [4.69, 9.17) is 9.47 Å². The van der Waals surface area contributed by atoms with Crippen molar-refractivity contribution in [1.29, 1.82) is 0 Å². The molecule has 0 N–H and O–H groups in total. The zero-order valence-electron chi connectivity index (χ0n) is 16.7. The molecule has 0 fully saturated rings. The number of ether oxygens (including phenoxy) is 2. The molecule has 5 nitrogen and oxygen atoms in total. The van der Waals surface area contributed by atoms with Crippen molar-refractivity contribution in [3.8, 4) is 11.6 Å². The van der Waals surface area contributed by atoms with E-state index in [1.807, 2.05) is 45.9 Å². The van der Waals surface area contributed by atoms with Crippen LogP contribution in [0, 0.1) is 0 Å². The van der Waals surface area contributed by atoms with E-state index >= 15 is 0 Å². The Balaban J connectivity index is 2.45. The largest absolute Gasteiger partial charge is 0.491 e. The summed E-state index contributed by atoms with van der Waals surface area (Å²) in [7, 11) is 0. The maximum Gasteiger partial charge on any atom is 0.423 e. The van der Waals surface area contributed by atoms with Crippen molar-refractivity contribution >= 4 is 11.6 Å². The molecule has 1 atom stereocenters. The van der Waals surface area contributed by atoms with Gasteiger partial charge in [-0.15, -0.1) is 0 Å². The van der Waals surface area contributed by atoms with Gasteiger partial charge in [0, 0.05) is 24.5 Å². The summed E-state index contributed by atoms with van der Waals surface area (Å²) in [5.41, 5.74) is -0.264. The minimum atomic E-state index is -4.59. The molecular formula is C20H26F3N3O2. The van der Waals surface area contributed by atoms with E-state index < -0.39 is 23.7 Å². The quantitative estimate of drug-likeness (QED) is 0.579. The highest BCUT2D eigenvalue weighted by molar-refractivity contribution is 5.59. The molecule has 8 heteroatoms. The first-order chi connectivity index (χ1) is 13.2. The minimum Gasteiger partial charge on any atom is -0.491 e. The van der Waals surface area contributed by atoms with Gasteiger partial charge in [0.2, 0.25) is 11.8 Å².